The van der Waals surface area contributed by atoms with Crippen LogP contribution in [0.1, 0.15) is 53.6 Å². The van der Waals surface area contributed by atoms with E-state index in [0.717, 1.165) is 18.6 Å². The molecule has 0 aromatic heterocycles. The largest absolute Gasteiger partial charge is 0.497 e. The van der Waals surface area contributed by atoms with E-state index in [1.165, 1.54) is 45.5 Å². The van der Waals surface area contributed by atoms with Crippen LogP contribution in [0.3, 0.4) is 0 Å². The normalized spacial score (nSPS) is 15.1. The number of ether oxygens (including phenoxy) is 1. The fraction of sp³-hybridized carbons (Fsp3) is 0.333. The fourth-order valence-corrected chi connectivity index (χ4v) is 4.88. The molecule has 1 atom stereocenters. The third kappa shape index (κ3) is 4.04. The summed E-state index contributed by atoms with van der Waals surface area (Å²) in [5, 5.41) is 3.37. The van der Waals surface area contributed by atoms with Gasteiger partial charge in [0, 0.05) is 11.3 Å². The lowest BCUT2D eigenvalue weighted by molar-refractivity contribution is 0.414. The predicted molar refractivity (Wildman–Crippen MR) is 123 cm³/mol. The van der Waals surface area contributed by atoms with Gasteiger partial charge in [0.05, 0.1) is 13.2 Å². The number of fused-ring (bicyclic) bond motifs is 1. The molecule has 0 bridgehead atoms. The lowest BCUT2D eigenvalue weighted by Gasteiger charge is -2.19. The Balaban J connectivity index is 1.67. The Morgan fingerprint density at radius 3 is 2.32 bits per heavy atom. The molecule has 0 heterocycles. The molecule has 0 amide bonds. The first-order chi connectivity index (χ1) is 14.9. The van der Waals surface area contributed by atoms with Crippen molar-refractivity contribution in [2.24, 2.45) is 0 Å². The maximum absolute atomic E-state index is 14.4. The molecular weight excluding hydrogens is 392 g/mol. The Morgan fingerprint density at radius 1 is 1.03 bits per heavy atom. The Morgan fingerprint density at radius 2 is 1.71 bits per heavy atom. The summed E-state index contributed by atoms with van der Waals surface area (Å²) in [6, 6.07) is 13.4. The fourth-order valence-electron chi connectivity index (χ4n) is 4.88. The van der Waals surface area contributed by atoms with Crippen molar-refractivity contribution in [3.63, 3.8) is 0 Å². The molecule has 3 aromatic carbocycles. The highest BCUT2D eigenvalue weighted by atomic mass is 19.1. The first-order valence-corrected chi connectivity index (χ1v) is 10.9. The van der Waals surface area contributed by atoms with Gasteiger partial charge in [-0.1, -0.05) is 31.5 Å². The van der Waals surface area contributed by atoms with E-state index in [4.69, 9.17) is 4.74 Å². The summed E-state index contributed by atoms with van der Waals surface area (Å²) >= 11 is 0. The lowest BCUT2D eigenvalue weighted by atomic mass is 9.90. The standard InChI is InChI=1S/C27H29F2NO/c1-5-7-23-24(28)14-18(15-25(23)29)30-26-11-10-20-21(26)8-6-9-22(20)27-16(2)12-19(31-4)13-17(27)3/h6,8-9,12-15,26,30H,5,7,10-11H2,1-4H3. The molecule has 0 saturated heterocycles. The zero-order valence-corrected chi connectivity index (χ0v) is 18.6. The minimum Gasteiger partial charge on any atom is -0.497 e. The molecule has 0 spiro atoms. The number of nitrogens with one attached hydrogen (secondary N) is 1. The molecule has 0 saturated carbocycles. The van der Waals surface area contributed by atoms with Crippen LogP contribution in [-0.4, -0.2) is 7.11 Å². The second kappa shape index (κ2) is 8.70. The molecule has 2 nitrogen and oxygen atoms in total. The number of halogens is 2. The van der Waals surface area contributed by atoms with E-state index < -0.39 is 11.6 Å². The summed E-state index contributed by atoms with van der Waals surface area (Å²) in [4.78, 5) is 0. The second-order valence-corrected chi connectivity index (χ2v) is 8.41. The van der Waals surface area contributed by atoms with Crippen LogP contribution in [0.25, 0.3) is 11.1 Å². The van der Waals surface area contributed by atoms with E-state index in [2.05, 4.69) is 49.5 Å². The second-order valence-electron chi connectivity index (χ2n) is 8.41. The highest BCUT2D eigenvalue weighted by molar-refractivity contribution is 5.76. The topological polar surface area (TPSA) is 21.3 Å². The molecule has 1 unspecified atom stereocenters. The maximum atomic E-state index is 14.4. The molecule has 1 aliphatic rings. The number of hydrogen-bond acceptors (Lipinski definition) is 2. The highest BCUT2D eigenvalue weighted by Crippen LogP contribution is 2.42. The molecule has 0 aliphatic heterocycles. The van der Waals surface area contributed by atoms with Crippen molar-refractivity contribution in [2.75, 3.05) is 12.4 Å². The van der Waals surface area contributed by atoms with Gasteiger partial charge in [-0.25, -0.2) is 8.78 Å². The number of anilines is 1. The van der Waals surface area contributed by atoms with Gasteiger partial charge in [0.15, 0.2) is 0 Å². The van der Waals surface area contributed by atoms with Crippen LogP contribution in [-0.2, 0) is 12.8 Å². The molecule has 4 rings (SSSR count). The number of benzene rings is 3. The third-order valence-corrected chi connectivity index (χ3v) is 6.26. The summed E-state index contributed by atoms with van der Waals surface area (Å²) in [6.45, 7) is 6.14. The number of rotatable bonds is 6. The Bertz CT molecular complexity index is 1080. The smallest absolute Gasteiger partial charge is 0.131 e. The van der Waals surface area contributed by atoms with Crippen molar-refractivity contribution in [3.05, 3.63) is 81.9 Å². The van der Waals surface area contributed by atoms with Crippen LogP contribution in [0, 0.1) is 25.5 Å². The first-order valence-electron chi connectivity index (χ1n) is 10.9. The molecule has 1 N–H and O–H groups in total. The van der Waals surface area contributed by atoms with Crippen molar-refractivity contribution in [3.8, 4) is 16.9 Å². The van der Waals surface area contributed by atoms with Gasteiger partial charge >= 0.3 is 0 Å². The summed E-state index contributed by atoms with van der Waals surface area (Å²) in [5.41, 5.74) is 8.00. The summed E-state index contributed by atoms with van der Waals surface area (Å²) in [5.74, 6) is -0.0805. The number of hydrogen-bond donors (Lipinski definition) is 1. The Labute approximate surface area is 183 Å². The molecule has 162 valence electrons. The highest BCUT2D eigenvalue weighted by Gasteiger charge is 2.26. The van der Waals surface area contributed by atoms with E-state index in [-0.39, 0.29) is 11.6 Å². The van der Waals surface area contributed by atoms with Crippen molar-refractivity contribution < 1.29 is 13.5 Å². The van der Waals surface area contributed by atoms with Crippen molar-refractivity contribution >= 4 is 5.69 Å². The Kier molecular flexibility index (Phi) is 5.99. The summed E-state index contributed by atoms with van der Waals surface area (Å²) in [7, 11) is 1.69. The van der Waals surface area contributed by atoms with Crippen LogP contribution in [0.5, 0.6) is 5.75 Å². The van der Waals surface area contributed by atoms with E-state index in [9.17, 15) is 8.78 Å². The molecule has 31 heavy (non-hydrogen) atoms. The van der Waals surface area contributed by atoms with Gasteiger partial charge in [-0.05, 0) is 90.8 Å². The molecule has 4 heteroatoms. The van der Waals surface area contributed by atoms with Crippen molar-refractivity contribution in [1.29, 1.82) is 0 Å². The van der Waals surface area contributed by atoms with Gasteiger partial charge in [-0.3, -0.25) is 0 Å². The monoisotopic (exact) mass is 421 g/mol. The minimum absolute atomic E-state index is 0.0321. The molecular formula is C27H29F2NO. The summed E-state index contributed by atoms with van der Waals surface area (Å²) in [6.07, 6.45) is 2.94. The third-order valence-electron chi connectivity index (χ3n) is 6.26. The van der Waals surface area contributed by atoms with Crippen LogP contribution in [0.4, 0.5) is 14.5 Å². The molecule has 1 aliphatic carbocycles. The molecule has 0 fully saturated rings. The van der Waals surface area contributed by atoms with E-state index in [1.807, 2.05) is 6.92 Å². The van der Waals surface area contributed by atoms with E-state index in [0.29, 0.717) is 18.5 Å². The van der Waals surface area contributed by atoms with Gasteiger partial charge in [0.1, 0.15) is 17.4 Å². The van der Waals surface area contributed by atoms with Crippen LogP contribution >= 0.6 is 0 Å². The quantitative estimate of drug-likeness (QED) is 0.450. The van der Waals surface area contributed by atoms with Crippen molar-refractivity contribution in [1.82, 2.24) is 0 Å². The lowest BCUT2D eigenvalue weighted by Crippen LogP contribution is -2.09. The summed E-state index contributed by atoms with van der Waals surface area (Å²) < 4.78 is 34.2. The average molecular weight is 422 g/mol. The van der Waals surface area contributed by atoms with Crippen molar-refractivity contribution in [2.45, 2.75) is 52.5 Å². The van der Waals surface area contributed by atoms with Gasteiger partial charge < -0.3 is 10.1 Å². The van der Waals surface area contributed by atoms with Crippen LogP contribution in [0.15, 0.2) is 42.5 Å². The maximum Gasteiger partial charge on any atom is 0.131 e. The van der Waals surface area contributed by atoms with E-state index in [1.54, 1.807) is 7.11 Å². The first kappa shape index (κ1) is 21.4. The number of aryl methyl sites for hydroxylation is 2. The Hall–Kier alpha value is -2.88. The average Bonchev–Trinajstić information content (AvgIpc) is 3.13. The van der Waals surface area contributed by atoms with Crippen LogP contribution in [0.2, 0.25) is 0 Å². The number of methoxy groups -OCH3 is 1. The molecule has 3 aromatic rings. The predicted octanol–water partition coefficient (Wildman–Crippen LogP) is 7.31. The van der Waals surface area contributed by atoms with Gasteiger partial charge in [-0.15, -0.1) is 0 Å². The zero-order chi connectivity index (χ0) is 22.1. The van der Waals surface area contributed by atoms with Gasteiger partial charge in [0.25, 0.3) is 0 Å². The van der Waals surface area contributed by atoms with E-state index >= 15 is 0 Å². The minimum atomic E-state index is -0.471. The van der Waals surface area contributed by atoms with Gasteiger partial charge in [-0.2, -0.15) is 0 Å². The zero-order valence-electron chi connectivity index (χ0n) is 18.6. The SMILES string of the molecule is CCCc1c(F)cc(NC2CCc3c(-c4c(C)cc(OC)cc4C)cccc32)cc1F. The van der Waals surface area contributed by atoms with Crippen LogP contribution < -0.4 is 10.1 Å². The van der Waals surface area contributed by atoms with Gasteiger partial charge in [0.2, 0.25) is 0 Å². The molecule has 0 radical (unpaired) electrons.